The van der Waals surface area contributed by atoms with Crippen LogP contribution in [0.1, 0.15) is 38.8 Å². The summed E-state index contributed by atoms with van der Waals surface area (Å²) in [6.45, 7) is 10.2. The number of piperazine rings is 1. The van der Waals surface area contributed by atoms with Gasteiger partial charge in [0.2, 0.25) is 11.8 Å². The van der Waals surface area contributed by atoms with Crippen molar-refractivity contribution in [3.05, 3.63) is 35.4 Å². The minimum absolute atomic E-state index is 0.0176. The van der Waals surface area contributed by atoms with Gasteiger partial charge >= 0.3 is 0 Å². The summed E-state index contributed by atoms with van der Waals surface area (Å²) in [6.07, 6.45) is 0. The standard InChI is InChI=1S/C17H24N2O2/c1-11-7-6-8-13(9-11)10-19-14(17(3,4)5)15(20)18-12(2)16(19)21/h6-9,12,14H,10H2,1-5H3,(H,18,20). The summed E-state index contributed by atoms with van der Waals surface area (Å²) in [6, 6.07) is 7.16. The summed E-state index contributed by atoms with van der Waals surface area (Å²) < 4.78 is 0. The summed E-state index contributed by atoms with van der Waals surface area (Å²) in [5, 5.41) is 2.78. The maximum atomic E-state index is 12.5. The molecule has 1 N–H and O–H groups in total. The van der Waals surface area contributed by atoms with Crippen LogP contribution in [0.25, 0.3) is 0 Å². The van der Waals surface area contributed by atoms with Gasteiger partial charge in [0.15, 0.2) is 0 Å². The highest BCUT2D eigenvalue weighted by Gasteiger charge is 2.44. The predicted octanol–water partition coefficient (Wildman–Crippen LogP) is 2.26. The van der Waals surface area contributed by atoms with Crippen LogP contribution in [0.2, 0.25) is 0 Å². The van der Waals surface area contributed by atoms with E-state index in [9.17, 15) is 9.59 Å². The second-order valence-corrected chi connectivity index (χ2v) is 6.95. The first-order chi connectivity index (χ1) is 9.70. The van der Waals surface area contributed by atoms with Crippen molar-refractivity contribution < 1.29 is 9.59 Å². The largest absolute Gasteiger partial charge is 0.343 e. The van der Waals surface area contributed by atoms with Crippen molar-refractivity contribution in [2.24, 2.45) is 5.41 Å². The van der Waals surface area contributed by atoms with Crippen molar-refractivity contribution in [3.8, 4) is 0 Å². The molecule has 0 spiro atoms. The van der Waals surface area contributed by atoms with Crippen LogP contribution in [0.15, 0.2) is 24.3 Å². The van der Waals surface area contributed by atoms with Crippen LogP contribution in [0.5, 0.6) is 0 Å². The molecule has 4 heteroatoms. The normalized spacial score (nSPS) is 23.2. The number of rotatable bonds is 2. The molecule has 0 aliphatic carbocycles. The van der Waals surface area contributed by atoms with E-state index in [1.807, 2.05) is 45.9 Å². The van der Waals surface area contributed by atoms with Gasteiger partial charge in [-0.3, -0.25) is 9.59 Å². The fraction of sp³-hybridized carbons (Fsp3) is 0.529. The lowest BCUT2D eigenvalue weighted by atomic mass is 9.83. The average Bonchev–Trinajstić information content (AvgIpc) is 2.34. The van der Waals surface area contributed by atoms with Crippen LogP contribution in [-0.4, -0.2) is 28.8 Å². The van der Waals surface area contributed by atoms with Crippen LogP contribution in [0.4, 0.5) is 0 Å². The lowest BCUT2D eigenvalue weighted by molar-refractivity contribution is -0.154. The Balaban J connectivity index is 2.34. The molecule has 1 fully saturated rings. The number of benzene rings is 1. The number of carbonyl (C=O) groups excluding carboxylic acids is 2. The van der Waals surface area contributed by atoms with Gasteiger partial charge < -0.3 is 10.2 Å². The molecule has 21 heavy (non-hydrogen) atoms. The predicted molar refractivity (Wildman–Crippen MR) is 82.6 cm³/mol. The van der Waals surface area contributed by atoms with Crippen molar-refractivity contribution in [3.63, 3.8) is 0 Å². The van der Waals surface area contributed by atoms with E-state index in [0.29, 0.717) is 6.54 Å². The maximum Gasteiger partial charge on any atom is 0.245 e. The Morgan fingerprint density at radius 3 is 2.48 bits per heavy atom. The lowest BCUT2D eigenvalue weighted by Crippen LogP contribution is -2.65. The minimum atomic E-state index is -0.457. The molecule has 1 heterocycles. The molecular formula is C17H24N2O2. The van der Waals surface area contributed by atoms with Crippen molar-refractivity contribution in [2.45, 2.75) is 53.2 Å². The van der Waals surface area contributed by atoms with E-state index >= 15 is 0 Å². The second kappa shape index (κ2) is 5.51. The van der Waals surface area contributed by atoms with Gasteiger partial charge in [-0.25, -0.2) is 0 Å². The molecule has 0 radical (unpaired) electrons. The quantitative estimate of drug-likeness (QED) is 0.907. The summed E-state index contributed by atoms with van der Waals surface area (Å²) in [7, 11) is 0. The Bertz CT molecular complexity index is 560. The molecule has 2 amide bonds. The SMILES string of the molecule is Cc1cccc(CN2C(=O)C(C)NC(=O)C2C(C)(C)C)c1. The summed E-state index contributed by atoms with van der Waals surface area (Å²) in [4.78, 5) is 26.6. The number of carbonyl (C=O) groups is 2. The highest BCUT2D eigenvalue weighted by Crippen LogP contribution is 2.29. The highest BCUT2D eigenvalue weighted by atomic mass is 16.2. The van der Waals surface area contributed by atoms with Crippen molar-refractivity contribution in [2.75, 3.05) is 0 Å². The fourth-order valence-electron chi connectivity index (χ4n) is 2.91. The Morgan fingerprint density at radius 2 is 1.90 bits per heavy atom. The third kappa shape index (κ3) is 3.26. The zero-order valence-corrected chi connectivity index (χ0v) is 13.4. The lowest BCUT2D eigenvalue weighted by Gasteiger charge is -2.44. The molecule has 4 nitrogen and oxygen atoms in total. The van der Waals surface area contributed by atoms with Gasteiger partial charge in [0, 0.05) is 6.54 Å². The highest BCUT2D eigenvalue weighted by molar-refractivity contribution is 5.97. The molecule has 1 aliphatic heterocycles. The van der Waals surface area contributed by atoms with Gasteiger partial charge in [-0.05, 0) is 24.8 Å². The van der Waals surface area contributed by atoms with Gasteiger partial charge in [-0.2, -0.15) is 0 Å². The second-order valence-electron chi connectivity index (χ2n) is 6.95. The van der Waals surface area contributed by atoms with Crippen molar-refractivity contribution in [1.29, 1.82) is 0 Å². The van der Waals surface area contributed by atoms with E-state index in [4.69, 9.17) is 0 Å². The maximum absolute atomic E-state index is 12.5. The number of hydrogen-bond acceptors (Lipinski definition) is 2. The Labute approximate surface area is 126 Å². The summed E-state index contributed by atoms with van der Waals surface area (Å²) >= 11 is 0. The van der Waals surface area contributed by atoms with Crippen LogP contribution < -0.4 is 5.32 Å². The van der Waals surface area contributed by atoms with E-state index < -0.39 is 12.1 Å². The Kier molecular flexibility index (Phi) is 4.08. The molecule has 0 saturated carbocycles. The summed E-state index contributed by atoms with van der Waals surface area (Å²) in [5.74, 6) is -0.0849. The number of nitrogens with zero attached hydrogens (tertiary/aromatic N) is 1. The van der Waals surface area contributed by atoms with Gasteiger partial charge in [-0.1, -0.05) is 50.6 Å². The molecule has 114 valence electrons. The summed E-state index contributed by atoms with van der Waals surface area (Å²) in [5.41, 5.74) is 1.91. The van der Waals surface area contributed by atoms with Crippen LogP contribution in [-0.2, 0) is 16.1 Å². The number of hydrogen-bond donors (Lipinski definition) is 1. The van der Waals surface area contributed by atoms with Gasteiger partial charge in [0.1, 0.15) is 12.1 Å². The molecule has 0 bridgehead atoms. The molecule has 1 aliphatic rings. The zero-order valence-electron chi connectivity index (χ0n) is 13.4. The molecule has 1 saturated heterocycles. The van der Waals surface area contributed by atoms with Gasteiger partial charge in [0.25, 0.3) is 0 Å². The molecular weight excluding hydrogens is 264 g/mol. The number of aryl methyl sites for hydroxylation is 1. The zero-order chi connectivity index (χ0) is 15.8. The molecule has 2 rings (SSSR count). The first-order valence-electron chi connectivity index (χ1n) is 7.36. The molecule has 2 atom stereocenters. The minimum Gasteiger partial charge on any atom is -0.343 e. The smallest absolute Gasteiger partial charge is 0.245 e. The van der Waals surface area contributed by atoms with E-state index in [0.717, 1.165) is 11.1 Å². The Morgan fingerprint density at radius 1 is 1.24 bits per heavy atom. The van der Waals surface area contributed by atoms with Crippen LogP contribution in [0, 0.1) is 12.3 Å². The van der Waals surface area contributed by atoms with Gasteiger partial charge in [0.05, 0.1) is 0 Å². The molecule has 0 aromatic heterocycles. The van der Waals surface area contributed by atoms with Crippen LogP contribution >= 0.6 is 0 Å². The van der Waals surface area contributed by atoms with Crippen LogP contribution in [0.3, 0.4) is 0 Å². The van der Waals surface area contributed by atoms with E-state index in [1.54, 1.807) is 11.8 Å². The van der Waals surface area contributed by atoms with Gasteiger partial charge in [-0.15, -0.1) is 0 Å². The number of nitrogens with one attached hydrogen (secondary N) is 1. The van der Waals surface area contributed by atoms with E-state index in [1.165, 1.54) is 0 Å². The first-order valence-corrected chi connectivity index (χ1v) is 7.36. The third-order valence-electron chi connectivity index (χ3n) is 3.83. The van der Waals surface area contributed by atoms with E-state index in [2.05, 4.69) is 11.4 Å². The molecule has 2 unspecified atom stereocenters. The third-order valence-corrected chi connectivity index (χ3v) is 3.83. The Hall–Kier alpha value is -1.84. The fourth-order valence-corrected chi connectivity index (χ4v) is 2.91. The first kappa shape index (κ1) is 15.5. The molecule has 1 aromatic rings. The van der Waals surface area contributed by atoms with E-state index in [-0.39, 0.29) is 17.2 Å². The van der Waals surface area contributed by atoms with Crippen molar-refractivity contribution in [1.82, 2.24) is 10.2 Å². The monoisotopic (exact) mass is 288 g/mol. The average molecular weight is 288 g/mol. The number of amides is 2. The molecule has 1 aromatic carbocycles. The van der Waals surface area contributed by atoms with Crippen molar-refractivity contribution >= 4 is 11.8 Å². The topological polar surface area (TPSA) is 49.4 Å².